The maximum absolute atomic E-state index is 6.04. The summed E-state index contributed by atoms with van der Waals surface area (Å²) in [5.41, 5.74) is 6.04. The van der Waals surface area contributed by atoms with Gasteiger partial charge < -0.3 is 15.2 Å². The standard InChI is InChI=1S/C12H25NO2/c1-3-10-5-6-11(13)12(9-10)15-8-7-14-4-2/h10-12H,3-9,13H2,1-2H3. The van der Waals surface area contributed by atoms with Crippen molar-refractivity contribution in [1.82, 2.24) is 0 Å². The summed E-state index contributed by atoms with van der Waals surface area (Å²) < 4.78 is 11.0. The van der Waals surface area contributed by atoms with E-state index >= 15 is 0 Å². The fraction of sp³-hybridized carbons (Fsp3) is 1.00. The lowest BCUT2D eigenvalue weighted by molar-refractivity contribution is -0.0278. The van der Waals surface area contributed by atoms with Crippen LogP contribution in [0.1, 0.15) is 39.5 Å². The summed E-state index contributed by atoms with van der Waals surface area (Å²) >= 11 is 0. The molecule has 0 spiro atoms. The van der Waals surface area contributed by atoms with Crippen molar-refractivity contribution in [2.45, 2.75) is 51.7 Å². The molecule has 0 bridgehead atoms. The van der Waals surface area contributed by atoms with Gasteiger partial charge in [0, 0.05) is 12.6 Å². The van der Waals surface area contributed by atoms with Crippen LogP contribution >= 0.6 is 0 Å². The van der Waals surface area contributed by atoms with Crippen LogP contribution in [0.15, 0.2) is 0 Å². The third-order valence-corrected chi connectivity index (χ3v) is 3.29. The third kappa shape index (κ3) is 4.49. The van der Waals surface area contributed by atoms with Gasteiger partial charge in [-0.25, -0.2) is 0 Å². The van der Waals surface area contributed by atoms with Gasteiger partial charge in [0.05, 0.1) is 19.3 Å². The van der Waals surface area contributed by atoms with Crippen LogP contribution in [-0.4, -0.2) is 32.0 Å². The second kappa shape index (κ2) is 7.20. The topological polar surface area (TPSA) is 44.5 Å². The fourth-order valence-corrected chi connectivity index (χ4v) is 2.20. The molecule has 3 atom stereocenters. The molecular formula is C12H25NO2. The van der Waals surface area contributed by atoms with Crippen LogP contribution in [0.2, 0.25) is 0 Å². The maximum Gasteiger partial charge on any atom is 0.0729 e. The van der Waals surface area contributed by atoms with Crippen molar-refractivity contribution in [1.29, 1.82) is 0 Å². The first-order valence-electron chi connectivity index (χ1n) is 6.22. The van der Waals surface area contributed by atoms with Gasteiger partial charge in [-0.15, -0.1) is 0 Å². The molecule has 15 heavy (non-hydrogen) atoms. The molecule has 0 aromatic heterocycles. The Morgan fingerprint density at radius 1 is 1.20 bits per heavy atom. The van der Waals surface area contributed by atoms with Gasteiger partial charge in [-0.1, -0.05) is 13.3 Å². The highest BCUT2D eigenvalue weighted by Crippen LogP contribution is 2.27. The zero-order chi connectivity index (χ0) is 11.1. The number of hydrogen-bond donors (Lipinski definition) is 1. The molecule has 3 nitrogen and oxygen atoms in total. The van der Waals surface area contributed by atoms with E-state index in [0.29, 0.717) is 13.2 Å². The van der Waals surface area contributed by atoms with Gasteiger partial charge in [0.15, 0.2) is 0 Å². The minimum absolute atomic E-state index is 0.231. The quantitative estimate of drug-likeness (QED) is 0.689. The summed E-state index contributed by atoms with van der Waals surface area (Å²) in [6.07, 6.45) is 5.01. The fourth-order valence-electron chi connectivity index (χ4n) is 2.20. The smallest absolute Gasteiger partial charge is 0.0729 e. The summed E-state index contributed by atoms with van der Waals surface area (Å²) in [4.78, 5) is 0. The summed E-state index contributed by atoms with van der Waals surface area (Å²) in [5, 5.41) is 0. The summed E-state index contributed by atoms with van der Waals surface area (Å²) in [6, 6.07) is 0.231. The van der Waals surface area contributed by atoms with Crippen molar-refractivity contribution in [2.24, 2.45) is 11.7 Å². The summed E-state index contributed by atoms with van der Waals surface area (Å²) in [6.45, 7) is 6.38. The Hall–Kier alpha value is -0.120. The highest BCUT2D eigenvalue weighted by Gasteiger charge is 2.27. The molecule has 90 valence electrons. The van der Waals surface area contributed by atoms with E-state index in [9.17, 15) is 0 Å². The van der Waals surface area contributed by atoms with E-state index in [4.69, 9.17) is 15.2 Å². The molecule has 0 aromatic carbocycles. The zero-order valence-electron chi connectivity index (χ0n) is 10.1. The Balaban J connectivity index is 2.19. The van der Waals surface area contributed by atoms with E-state index in [1.54, 1.807) is 0 Å². The van der Waals surface area contributed by atoms with Crippen molar-refractivity contribution >= 4 is 0 Å². The second-order valence-electron chi connectivity index (χ2n) is 4.36. The Labute approximate surface area is 93.3 Å². The van der Waals surface area contributed by atoms with Crippen LogP contribution < -0.4 is 5.73 Å². The van der Waals surface area contributed by atoms with Gasteiger partial charge in [-0.3, -0.25) is 0 Å². The molecule has 3 unspecified atom stereocenters. The van der Waals surface area contributed by atoms with Gasteiger partial charge in [-0.2, -0.15) is 0 Å². The molecule has 1 rings (SSSR count). The number of hydrogen-bond acceptors (Lipinski definition) is 3. The Morgan fingerprint density at radius 3 is 2.67 bits per heavy atom. The largest absolute Gasteiger partial charge is 0.379 e. The highest BCUT2D eigenvalue weighted by molar-refractivity contribution is 4.82. The maximum atomic E-state index is 6.04. The minimum Gasteiger partial charge on any atom is -0.379 e. The van der Waals surface area contributed by atoms with Crippen molar-refractivity contribution < 1.29 is 9.47 Å². The van der Waals surface area contributed by atoms with E-state index in [0.717, 1.165) is 25.4 Å². The molecular weight excluding hydrogens is 190 g/mol. The van der Waals surface area contributed by atoms with Gasteiger partial charge in [0.1, 0.15) is 0 Å². The molecule has 3 heteroatoms. The van der Waals surface area contributed by atoms with Crippen LogP contribution in [0.5, 0.6) is 0 Å². The molecule has 1 saturated carbocycles. The lowest BCUT2D eigenvalue weighted by atomic mass is 9.83. The van der Waals surface area contributed by atoms with Gasteiger partial charge in [0.25, 0.3) is 0 Å². The molecule has 1 fully saturated rings. The average Bonchev–Trinajstić information content (AvgIpc) is 2.26. The number of rotatable bonds is 6. The predicted molar refractivity (Wildman–Crippen MR) is 61.8 cm³/mol. The molecule has 0 radical (unpaired) electrons. The van der Waals surface area contributed by atoms with E-state index < -0.39 is 0 Å². The summed E-state index contributed by atoms with van der Waals surface area (Å²) in [5.74, 6) is 0.807. The Bertz CT molecular complexity index is 164. The number of ether oxygens (including phenoxy) is 2. The first kappa shape index (κ1) is 12.9. The lowest BCUT2D eigenvalue weighted by Gasteiger charge is -2.33. The van der Waals surface area contributed by atoms with Gasteiger partial charge in [0.2, 0.25) is 0 Å². The molecule has 0 aliphatic heterocycles. The van der Waals surface area contributed by atoms with Gasteiger partial charge in [-0.05, 0) is 32.1 Å². The molecule has 0 heterocycles. The Kier molecular flexibility index (Phi) is 6.22. The Morgan fingerprint density at radius 2 is 2.00 bits per heavy atom. The molecule has 1 aliphatic carbocycles. The molecule has 1 aliphatic rings. The molecule has 0 aromatic rings. The van der Waals surface area contributed by atoms with Crippen LogP contribution in [0.25, 0.3) is 0 Å². The molecule has 0 saturated heterocycles. The first-order valence-corrected chi connectivity index (χ1v) is 6.22. The van der Waals surface area contributed by atoms with Crippen molar-refractivity contribution in [2.75, 3.05) is 19.8 Å². The average molecular weight is 215 g/mol. The number of nitrogens with two attached hydrogens (primary N) is 1. The normalized spacial score (nSPS) is 31.8. The van der Waals surface area contributed by atoms with E-state index in [1.165, 1.54) is 12.8 Å². The predicted octanol–water partition coefficient (Wildman–Crippen LogP) is 1.95. The highest BCUT2D eigenvalue weighted by atomic mass is 16.5. The van der Waals surface area contributed by atoms with Crippen molar-refractivity contribution in [3.8, 4) is 0 Å². The van der Waals surface area contributed by atoms with E-state index in [-0.39, 0.29) is 12.1 Å². The van der Waals surface area contributed by atoms with E-state index in [2.05, 4.69) is 6.92 Å². The second-order valence-corrected chi connectivity index (χ2v) is 4.36. The van der Waals surface area contributed by atoms with Gasteiger partial charge >= 0.3 is 0 Å². The lowest BCUT2D eigenvalue weighted by Crippen LogP contribution is -2.42. The monoisotopic (exact) mass is 215 g/mol. The van der Waals surface area contributed by atoms with Crippen LogP contribution in [0.3, 0.4) is 0 Å². The molecule has 0 amide bonds. The van der Waals surface area contributed by atoms with Crippen LogP contribution in [0, 0.1) is 5.92 Å². The van der Waals surface area contributed by atoms with E-state index in [1.807, 2.05) is 6.92 Å². The zero-order valence-corrected chi connectivity index (χ0v) is 10.1. The summed E-state index contributed by atoms with van der Waals surface area (Å²) in [7, 11) is 0. The minimum atomic E-state index is 0.231. The van der Waals surface area contributed by atoms with Crippen molar-refractivity contribution in [3.05, 3.63) is 0 Å². The molecule has 2 N–H and O–H groups in total. The SMILES string of the molecule is CCOCCOC1CC(CC)CCC1N. The van der Waals surface area contributed by atoms with Crippen LogP contribution in [-0.2, 0) is 9.47 Å². The first-order chi connectivity index (χ1) is 7.27. The van der Waals surface area contributed by atoms with Crippen molar-refractivity contribution in [3.63, 3.8) is 0 Å². The third-order valence-electron chi connectivity index (χ3n) is 3.29. The van der Waals surface area contributed by atoms with Crippen LogP contribution in [0.4, 0.5) is 0 Å².